The summed E-state index contributed by atoms with van der Waals surface area (Å²) in [6.45, 7) is 1.61. The van der Waals surface area contributed by atoms with Crippen LogP contribution in [0.15, 0.2) is 53.8 Å². The highest BCUT2D eigenvalue weighted by molar-refractivity contribution is 8.15. The first-order chi connectivity index (χ1) is 12.3. The van der Waals surface area contributed by atoms with Gasteiger partial charge in [0.25, 0.3) is 0 Å². The predicted octanol–water partition coefficient (Wildman–Crippen LogP) is 3.75. The van der Waals surface area contributed by atoms with Crippen LogP contribution in [0.2, 0.25) is 0 Å². The SMILES string of the molecule is C[C@H](NC1=NC(O)C(c2ccncc2)(C(F)(F)F)S1)c1ccccc1F. The first kappa shape index (κ1) is 18.7. The number of aliphatic hydroxyl groups is 1. The molecule has 0 bridgehead atoms. The van der Waals surface area contributed by atoms with Crippen molar-refractivity contribution in [3.8, 4) is 0 Å². The van der Waals surface area contributed by atoms with E-state index in [0.717, 1.165) is 0 Å². The third-order valence-corrected chi connectivity index (χ3v) is 5.52. The number of thioether (sulfide) groups is 1. The zero-order valence-corrected chi connectivity index (χ0v) is 14.4. The second-order valence-corrected chi connectivity index (χ2v) is 7.00. The van der Waals surface area contributed by atoms with Gasteiger partial charge in [-0.2, -0.15) is 13.2 Å². The molecule has 0 amide bonds. The Kier molecular flexibility index (Phi) is 4.94. The van der Waals surface area contributed by atoms with Crippen LogP contribution in [0.5, 0.6) is 0 Å². The molecule has 1 aliphatic heterocycles. The number of nitrogens with zero attached hydrogens (tertiary/aromatic N) is 2. The first-order valence-electron chi connectivity index (χ1n) is 7.69. The summed E-state index contributed by atoms with van der Waals surface area (Å²) >= 11 is 0.369. The number of amidine groups is 1. The topological polar surface area (TPSA) is 57.5 Å². The Bertz CT molecular complexity index is 815. The fraction of sp³-hybridized carbons (Fsp3) is 0.294. The summed E-state index contributed by atoms with van der Waals surface area (Å²) < 4.78 is 52.9. The van der Waals surface area contributed by atoms with Gasteiger partial charge in [0.05, 0.1) is 6.04 Å². The predicted molar refractivity (Wildman–Crippen MR) is 91.0 cm³/mol. The molecular weight excluding hydrogens is 370 g/mol. The maximum absolute atomic E-state index is 13.9. The maximum atomic E-state index is 13.9. The quantitative estimate of drug-likeness (QED) is 0.791. The summed E-state index contributed by atoms with van der Waals surface area (Å²) in [4.78, 5) is 7.46. The van der Waals surface area contributed by atoms with Gasteiger partial charge in [-0.15, -0.1) is 0 Å². The number of pyridine rings is 1. The molecule has 138 valence electrons. The van der Waals surface area contributed by atoms with Gasteiger partial charge in [-0.3, -0.25) is 4.98 Å². The van der Waals surface area contributed by atoms with Crippen LogP contribution in [0.3, 0.4) is 0 Å². The van der Waals surface area contributed by atoms with E-state index < -0.39 is 29.0 Å². The number of aliphatic hydroxyl groups excluding tert-OH is 1. The number of aliphatic imine (C=N–C) groups is 1. The highest BCUT2D eigenvalue weighted by Crippen LogP contribution is 2.55. The second-order valence-electron chi connectivity index (χ2n) is 5.77. The average molecular weight is 385 g/mol. The molecule has 2 heterocycles. The Morgan fingerprint density at radius 3 is 2.46 bits per heavy atom. The van der Waals surface area contributed by atoms with E-state index in [-0.39, 0.29) is 10.7 Å². The van der Waals surface area contributed by atoms with E-state index in [4.69, 9.17) is 0 Å². The van der Waals surface area contributed by atoms with Crippen molar-refractivity contribution in [2.75, 3.05) is 0 Å². The summed E-state index contributed by atoms with van der Waals surface area (Å²) in [5, 5.41) is 12.8. The number of alkyl halides is 3. The molecule has 0 fully saturated rings. The lowest BCUT2D eigenvalue weighted by Crippen LogP contribution is -2.46. The van der Waals surface area contributed by atoms with Gasteiger partial charge in [0, 0.05) is 18.0 Å². The number of halogens is 4. The Hall–Kier alpha value is -2.13. The molecule has 4 nitrogen and oxygen atoms in total. The fourth-order valence-corrected chi connectivity index (χ4v) is 3.99. The Labute approximate surface area is 151 Å². The minimum Gasteiger partial charge on any atom is -0.370 e. The van der Waals surface area contributed by atoms with E-state index in [9.17, 15) is 22.7 Å². The molecule has 0 saturated carbocycles. The molecule has 2 aromatic rings. The van der Waals surface area contributed by atoms with Crippen LogP contribution >= 0.6 is 11.8 Å². The van der Waals surface area contributed by atoms with Crippen molar-refractivity contribution in [1.29, 1.82) is 0 Å². The van der Waals surface area contributed by atoms with Gasteiger partial charge < -0.3 is 10.4 Å². The molecule has 0 saturated heterocycles. The highest BCUT2D eigenvalue weighted by atomic mass is 32.2. The monoisotopic (exact) mass is 385 g/mol. The van der Waals surface area contributed by atoms with Gasteiger partial charge in [-0.1, -0.05) is 30.0 Å². The van der Waals surface area contributed by atoms with Crippen molar-refractivity contribution in [3.63, 3.8) is 0 Å². The van der Waals surface area contributed by atoms with E-state index in [0.29, 0.717) is 17.3 Å². The van der Waals surface area contributed by atoms with Crippen LogP contribution in [-0.2, 0) is 4.75 Å². The van der Waals surface area contributed by atoms with E-state index in [2.05, 4.69) is 15.3 Å². The van der Waals surface area contributed by atoms with Crippen molar-refractivity contribution in [2.24, 2.45) is 4.99 Å². The fourth-order valence-electron chi connectivity index (χ4n) is 2.76. The van der Waals surface area contributed by atoms with Crippen LogP contribution in [0, 0.1) is 5.82 Å². The van der Waals surface area contributed by atoms with E-state index >= 15 is 0 Å². The summed E-state index contributed by atoms with van der Waals surface area (Å²) in [7, 11) is 0. The van der Waals surface area contributed by atoms with Crippen LogP contribution in [0.25, 0.3) is 0 Å². The molecule has 3 atom stereocenters. The Morgan fingerprint density at radius 1 is 1.19 bits per heavy atom. The third-order valence-electron chi connectivity index (χ3n) is 4.10. The maximum Gasteiger partial charge on any atom is 0.412 e. The minimum atomic E-state index is -4.77. The summed E-state index contributed by atoms with van der Waals surface area (Å²) in [6.07, 6.45) is -4.36. The Balaban J connectivity index is 1.89. The lowest BCUT2D eigenvalue weighted by atomic mass is 9.97. The molecule has 3 rings (SSSR count). The smallest absolute Gasteiger partial charge is 0.370 e. The van der Waals surface area contributed by atoms with Gasteiger partial charge >= 0.3 is 6.18 Å². The van der Waals surface area contributed by atoms with Gasteiger partial charge in [-0.05, 0) is 30.7 Å². The molecule has 1 aromatic carbocycles. The lowest BCUT2D eigenvalue weighted by Gasteiger charge is -2.33. The number of benzene rings is 1. The molecular formula is C17H15F4N3OS. The molecule has 1 aromatic heterocycles. The molecule has 1 aliphatic rings. The van der Waals surface area contributed by atoms with Gasteiger partial charge in [0.1, 0.15) is 5.82 Å². The van der Waals surface area contributed by atoms with Crippen LogP contribution in [0.1, 0.15) is 24.1 Å². The van der Waals surface area contributed by atoms with Crippen LogP contribution in [0.4, 0.5) is 17.6 Å². The van der Waals surface area contributed by atoms with E-state index in [1.54, 1.807) is 13.0 Å². The van der Waals surface area contributed by atoms with Crippen molar-refractivity contribution in [1.82, 2.24) is 10.3 Å². The molecule has 2 N–H and O–H groups in total. The number of hydrogen-bond acceptors (Lipinski definition) is 5. The third kappa shape index (κ3) is 3.16. The van der Waals surface area contributed by atoms with Crippen LogP contribution < -0.4 is 5.32 Å². The zero-order chi connectivity index (χ0) is 18.9. The standard InChI is InChI=1S/C17H15F4N3OS/c1-10(12-4-2-3-5-13(12)18)23-15-24-14(25)16(26-15,17(19,20)21)11-6-8-22-9-7-11/h2-10,14,25H,1H3,(H,23,24)/t10-,14?,16?/m0/s1. The molecule has 26 heavy (non-hydrogen) atoms. The minimum absolute atomic E-state index is 0.109. The van der Waals surface area contributed by atoms with Gasteiger partial charge in [-0.25, -0.2) is 9.38 Å². The summed E-state index contributed by atoms with van der Waals surface area (Å²) in [5.74, 6) is -0.479. The van der Waals surface area contributed by atoms with Gasteiger partial charge in [0.15, 0.2) is 16.1 Å². The van der Waals surface area contributed by atoms with Crippen molar-refractivity contribution < 1.29 is 22.7 Å². The lowest BCUT2D eigenvalue weighted by molar-refractivity contribution is -0.183. The number of hydrogen-bond donors (Lipinski definition) is 2. The molecule has 0 aliphatic carbocycles. The number of rotatable bonds is 3. The van der Waals surface area contributed by atoms with Crippen molar-refractivity contribution in [2.45, 2.75) is 30.1 Å². The normalized spacial score (nSPS) is 24.2. The van der Waals surface area contributed by atoms with Crippen molar-refractivity contribution in [3.05, 3.63) is 65.7 Å². The first-order valence-corrected chi connectivity index (χ1v) is 8.50. The number of aromatic nitrogens is 1. The highest BCUT2D eigenvalue weighted by Gasteiger charge is 2.65. The Morgan fingerprint density at radius 2 is 1.85 bits per heavy atom. The van der Waals surface area contributed by atoms with E-state index in [1.807, 2.05) is 0 Å². The van der Waals surface area contributed by atoms with Gasteiger partial charge in [0.2, 0.25) is 0 Å². The largest absolute Gasteiger partial charge is 0.412 e. The van der Waals surface area contributed by atoms with E-state index in [1.165, 1.54) is 42.7 Å². The summed E-state index contributed by atoms with van der Waals surface area (Å²) in [6, 6.07) is 7.72. The van der Waals surface area contributed by atoms with Crippen LogP contribution in [-0.4, -0.2) is 27.7 Å². The molecule has 9 heteroatoms. The zero-order valence-electron chi connectivity index (χ0n) is 13.5. The van der Waals surface area contributed by atoms with Crippen molar-refractivity contribution >= 4 is 16.9 Å². The number of nitrogens with one attached hydrogen (secondary N) is 1. The second kappa shape index (κ2) is 6.88. The molecule has 0 radical (unpaired) electrons. The average Bonchev–Trinajstić information content (AvgIpc) is 2.93. The summed E-state index contributed by atoms with van der Waals surface area (Å²) in [5.41, 5.74) is 0.135. The molecule has 0 spiro atoms. The molecule has 2 unspecified atom stereocenters.